The molecular formula is C5H12O2. The highest BCUT2D eigenvalue weighted by Gasteiger charge is 1.78. The van der Waals surface area contributed by atoms with Crippen molar-refractivity contribution in [2.75, 3.05) is 26.9 Å². The molecule has 7 heavy (non-hydrogen) atoms. The summed E-state index contributed by atoms with van der Waals surface area (Å²) in [7, 11) is 1.67. The van der Waals surface area contributed by atoms with Gasteiger partial charge in [-0.05, 0) is 6.92 Å². The zero-order chi connectivity index (χ0) is 5.54. The molecule has 0 N–H and O–H groups in total. The second kappa shape index (κ2) is 5.92. The molecule has 0 aliphatic rings. The van der Waals surface area contributed by atoms with Crippen LogP contribution in [0.4, 0.5) is 0 Å². The van der Waals surface area contributed by atoms with E-state index in [4.69, 9.17) is 9.47 Å². The van der Waals surface area contributed by atoms with Crippen molar-refractivity contribution in [1.82, 2.24) is 0 Å². The summed E-state index contributed by atoms with van der Waals surface area (Å²) in [5.74, 6) is 0. The summed E-state index contributed by atoms with van der Waals surface area (Å²) in [4.78, 5) is 0. The van der Waals surface area contributed by atoms with E-state index in [-0.39, 0.29) is 0 Å². The Labute approximate surface area is 44.4 Å². The second-order valence-corrected chi connectivity index (χ2v) is 1.19. The summed E-state index contributed by atoms with van der Waals surface area (Å²) < 4.78 is 9.67. The lowest BCUT2D eigenvalue weighted by molar-refractivity contribution is 0.0777. The van der Waals surface area contributed by atoms with Crippen LogP contribution in [0.5, 0.6) is 0 Å². The molecule has 0 spiro atoms. The van der Waals surface area contributed by atoms with E-state index >= 15 is 0 Å². The van der Waals surface area contributed by atoms with Crippen molar-refractivity contribution in [2.45, 2.75) is 6.92 Å². The van der Waals surface area contributed by atoms with Crippen molar-refractivity contribution < 1.29 is 9.47 Å². The van der Waals surface area contributed by atoms with Gasteiger partial charge in [0.2, 0.25) is 0 Å². The molecule has 0 saturated heterocycles. The van der Waals surface area contributed by atoms with E-state index in [0.717, 1.165) is 6.61 Å². The van der Waals surface area contributed by atoms with Gasteiger partial charge in [0.1, 0.15) is 0 Å². The fraction of sp³-hybridized carbons (Fsp3) is 1.00. The molecule has 0 aromatic carbocycles. The Balaban J connectivity index is 2.45. The molecule has 44 valence electrons. The molecule has 0 unspecified atom stereocenters. The Hall–Kier alpha value is -0.0800. The van der Waals surface area contributed by atoms with Crippen LogP contribution in [-0.2, 0) is 9.47 Å². The Kier molecular flexibility index (Phi) is 5.85. The summed E-state index contributed by atoms with van der Waals surface area (Å²) in [6.45, 7) is 4.17. The molecule has 0 saturated carbocycles. The van der Waals surface area contributed by atoms with Gasteiger partial charge >= 0.3 is 0 Å². The van der Waals surface area contributed by atoms with Crippen LogP contribution in [0, 0.1) is 0 Å². The first-order chi connectivity index (χ1) is 3.41. The highest BCUT2D eigenvalue weighted by molar-refractivity contribution is 4.21. The van der Waals surface area contributed by atoms with Crippen molar-refractivity contribution in [2.24, 2.45) is 0 Å². The van der Waals surface area contributed by atoms with E-state index < -0.39 is 0 Å². The minimum Gasteiger partial charge on any atom is -0.382 e. The molecule has 0 fully saturated rings. The number of hydrogen-bond acceptors (Lipinski definition) is 2. The molecule has 0 amide bonds. The molecule has 0 radical (unpaired) electrons. The summed E-state index contributed by atoms with van der Waals surface area (Å²) in [5.41, 5.74) is 0. The van der Waals surface area contributed by atoms with Crippen LogP contribution in [0.15, 0.2) is 0 Å². The van der Waals surface area contributed by atoms with Gasteiger partial charge in [-0.25, -0.2) is 0 Å². The lowest BCUT2D eigenvalue weighted by atomic mass is 10.7. The molecule has 2 nitrogen and oxygen atoms in total. The largest absolute Gasteiger partial charge is 0.382 e. The number of methoxy groups -OCH3 is 1. The average molecular weight is 104 g/mol. The van der Waals surface area contributed by atoms with E-state index in [9.17, 15) is 0 Å². The summed E-state index contributed by atoms with van der Waals surface area (Å²) in [6.07, 6.45) is 0. The van der Waals surface area contributed by atoms with E-state index in [1.807, 2.05) is 6.92 Å². The van der Waals surface area contributed by atoms with Gasteiger partial charge in [0.15, 0.2) is 0 Å². The first-order valence-corrected chi connectivity index (χ1v) is 2.48. The van der Waals surface area contributed by atoms with E-state index in [0.29, 0.717) is 13.2 Å². The van der Waals surface area contributed by atoms with Crippen molar-refractivity contribution in [3.05, 3.63) is 0 Å². The number of hydrogen-bond donors (Lipinski definition) is 0. The second-order valence-electron chi connectivity index (χ2n) is 1.19. The first-order valence-electron chi connectivity index (χ1n) is 2.48. The third-order valence-corrected chi connectivity index (χ3v) is 0.636. The fourth-order valence-electron chi connectivity index (χ4n) is 0.287. The maximum atomic E-state index is 4.95. The standard InChI is InChI=1S/C5H12O2/c1-3-7-5-4-6-2/h3-5H2,1-2H3. The first kappa shape index (κ1) is 6.92. The van der Waals surface area contributed by atoms with Crippen molar-refractivity contribution in [3.63, 3.8) is 0 Å². The van der Waals surface area contributed by atoms with Crippen molar-refractivity contribution in [3.8, 4) is 0 Å². The molecular weight excluding hydrogens is 92.1 g/mol. The van der Waals surface area contributed by atoms with Crippen LogP contribution >= 0.6 is 0 Å². The minimum atomic E-state index is 0.702. The average Bonchev–Trinajstić information content (AvgIpc) is 1.69. The highest BCUT2D eigenvalue weighted by Crippen LogP contribution is 1.71. The maximum absolute atomic E-state index is 4.95. The molecule has 0 aliphatic carbocycles. The van der Waals surface area contributed by atoms with E-state index in [2.05, 4.69) is 0 Å². The van der Waals surface area contributed by atoms with Crippen molar-refractivity contribution in [1.29, 1.82) is 0 Å². The fourth-order valence-corrected chi connectivity index (χ4v) is 0.287. The van der Waals surface area contributed by atoms with Gasteiger partial charge < -0.3 is 9.47 Å². The van der Waals surface area contributed by atoms with Crippen LogP contribution in [0.3, 0.4) is 0 Å². The molecule has 2 heteroatoms. The van der Waals surface area contributed by atoms with Crippen LogP contribution < -0.4 is 0 Å². The highest BCUT2D eigenvalue weighted by atomic mass is 16.5. The summed E-state index contributed by atoms with van der Waals surface area (Å²) in [5, 5.41) is 0. The van der Waals surface area contributed by atoms with Gasteiger partial charge in [0.05, 0.1) is 13.2 Å². The Morgan fingerprint density at radius 1 is 1.29 bits per heavy atom. The lowest BCUT2D eigenvalue weighted by Crippen LogP contribution is -2.00. The Morgan fingerprint density at radius 3 is 2.43 bits per heavy atom. The van der Waals surface area contributed by atoms with Gasteiger partial charge in [-0.2, -0.15) is 0 Å². The molecule has 0 atom stereocenters. The zero-order valence-corrected chi connectivity index (χ0v) is 4.94. The van der Waals surface area contributed by atoms with E-state index in [1.54, 1.807) is 7.11 Å². The van der Waals surface area contributed by atoms with Gasteiger partial charge in [0, 0.05) is 13.7 Å². The van der Waals surface area contributed by atoms with Crippen LogP contribution in [-0.4, -0.2) is 26.9 Å². The van der Waals surface area contributed by atoms with Crippen molar-refractivity contribution >= 4 is 0 Å². The zero-order valence-electron chi connectivity index (χ0n) is 4.94. The predicted molar refractivity (Wildman–Crippen MR) is 28.4 cm³/mol. The van der Waals surface area contributed by atoms with Gasteiger partial charge in [-0.1, -0.05) is 0 Å². The van der Waals surface area contributed by atoms with Gasteiger partial charge in [0.25, 0.3) is 0 Å². The lowest BCUT2D eigenvalue weighted by Gasteiger charge is -1.96. The quantitative estimate of drug-likeness (QED) is 0.488. The molecule has 0 aromatic rings. The molecule has 0 heterocycles. The maximum Gasteiger partial charge on any atom is 0.0700 e. The molecule has 0 bridgehead atoms. The summed E-state index contributed by atoms with van der Waals surface area (Å²) in [6, 6.07) is 0. The third kappa shape index (κ3) is 5.92. The molecule has 0 aliphatic heterocycles. The normalized spacial score (nSPS) is 9.43. The third-order valence-electron chi connectivity index (χ3n) is 0.636. The van der Waals surface area contributed by atoms with Crippen LogP contribution in [0.1, 0.15) is 6.92 Å². The SMILES string of the molecule is CCOCCOC. The Bertz CT molecular complexity index is 25.3. The minimum absolute atomic E-state index is 0.702. The van der Waals surface area contributed by atoms with E-state index in [1.165, 1.54) is 0 Å². The van der Waals surface area contributed by atoms with Gasteiger partial charge in [-0.3, -0.25) is 0 Å². The monoisotopic (exact) mass is 104 g/mol. The van der Waals surface area contributed by atoms with Gasteiger partial charge in [-0.15, -0.1) is 0 Å². The van der Waals surface area contributed by atoms with Crippen LogP contribution in [0.2, 0.25) is 0 Å². The summed E-state index contributed by atoms with van der Waals surface area (Å²) >= 11 is 0. The predicted octanol–water partition coefficient (Wildman–Crippen LogP) is 0.669. The Morgan fingerprint density at radius 2 is 2.00 bits per heavy atom. The number of rotatable bonds is 4. The molecule has 0 rings (SSSR count). The number of ether oxygens (including phenoxy) is 2. The van der Waals surface area contributed by atoms with Crippen LogP contribution in [0.25, 0.3) is 0 Å². The smallest absolute Gasteiger partial charge is 0.0700 e. The molecule has 0 aromatic heterocycles. The topological polar surface area (TPSA) is 18.5 Å².